The maximum atomic E-state index is 12.7. The number of ether oxygens (including phenoxy) is 1. The van der Waals surface area contributed by atoms with Gasteiger partial charge in [0.25, 0.3) is 5.56 Å². The minimum Gasteiger partial charge on any atom is -0.465 e. The van der Waals surface area contributed by atoms with Crippen molar-refractivity contribution in [3.05, 3.63) is 63.6 Å². The number of nitrogens with zero attached hydrogens (tertiary/aromatic N) is 4. The summed E-state index contributed by atoms with van der Waals surface area (Å²) < 4.78 is 39.0. The molecule has 0 aliphatic carbocycles. The van der Waals surface area contributed by atoms with E-state index in [0.29, 0.717) is 0 Å². The number of esters is 1. The fraction of sp³-hybridized carbons (Fsp3) is 0.125. The van der Waals surface area contributed by atoms with Gasteiger partial charge in [0.2, 0.25) is 0 Å². The smallest absolute Gasteiger partial charge is 0.343 e. The van der Waals surface area contributed by atoms with Crippen LogP contribution < -0.4 is 5.56 Å². The van der Waals surface area contributed by atoms with E-state index in [0.717, 1.165) is 17.9 Å². The van der Waals surface area contributed by atoms with Crippen molar-refractivity contribution in [2.24, 2.45) is 7.05 Å². The average Bonchev–Trinajstić information content (AvgIpc) is 3.11. The molecule has 3 aromatic rings. The molecular formula is C16H13ClN4O3. The van der Waals surface area contributed by atoms with Crippen LogP contribution in [-0.4, -0.2) is 32.6 Å². The molecular weight excluding hydrogens is 332 g/mol. The highest BCUT2D eigenvalue weighted by Gasteiger charge is 2.18. The van der Waals surface area contributed by atoms with E-state index in [4.69, 9.17) is 17.1 Å². The lowest BCUT2D eigenvalue weighted by atomic mass is 10.1. The third-order valence-electron chi connectivity index (χ3n) is 3.10. The standard InChI is InChI=1S/C16H13ClN4O3/c1-20-9-12(8-18-20)21-15(22)13(16(23)24-2)7-14(19-21)10-3-5-11(17)6-4-10/h3-9H,1-2H3/i3D,4D,5D,6D. The fourth-order valence-electron chi connectivity index (χ4n) is 1.99. The van der Waals surface area contributed by atoms with Crippen LogP contribution in [0.4, 0.5) is 0 Å². The molecule has 0 saturated heterocycles. The second kappa shape index (κ2) is 6.29. The van der Waals surface area contributed by atoms with Crippen LogP contribution in [0.2, 0.25) is 5.02 Å². The highest BCUT2D eigenvalue weighted by atomic mass is 35.5. The van der Waals surface area contributed by atoms with Gasteiger partial charge in [-0.1, -0.05) is 23.7 Å². The highest BCUT2D eigenvalue weighted by molar-refractivity contribution is 6.30. The Hall–Kier alpha value is -2.93. The minimum atomic E-state index is -0.935. The number of benzene rings is 1. The van der Waals surface area contributed by atoms with Gasteiger partial charge < -0.3 is 4.74 Å². The van der Waals surface area contributed by atoms with Gasteiger partial charge >= 0.3 is 5.97 Å². The van der Waals surface area contributed by atoms with Crippen LogP contribution in [-0.2, 0) is 11.8 Å². The first-order valence-corrected chi connectivity index (χ1v) is 7.03. The maximum absolute atomic E-state index is 12.7. The summed E-state index contributed by atoms with van der Waals surface area (Å²) in [6, 6.07) is -0.757. The van der Waals surface area contributed by atoms with Crippen LogP contribution >= 0.6 is 11.6 Å². The summed E-state index contributed by atoms with van der Waals surface area (Å²) in [7, 11) is 2.73. The lowest BCUT2D eigenvalue weighted by Crippen LogP contribution is -2.28. The first-order chi connectivity index (χ1) is 13.2. The predicted molar refractivity (Wildman–Crippen MR) is 88.4 cm³/mol. The van der Waals surface area contributed by atoms with Gasteiger partial charge in [-0.15, -0.1) is 0 Å². The quantitative estimate of drug-likeness (QED) is 0.677. The number of aromatic nitrogens is 4. The molecule has 0 aliphatic rings. The molecule has 0 radical (unpaired) electrons. The van der Waals surface area contributed by atoms with E-state index in [2.05, 4.69) is 14.9 Å². The van der Waals surface area contributed by atoms with Gasteiger partial charge in [0.15, 0.2) is 0 Å². The molecule has 3 rings (SSSR count). The second-order valence-electron chi connectivity index (χ2n) is 4.71. The molecule has 0 N–H and O–H groups in total. The van der Waals surface area contributed by atoms with Gasteiger partial charge in [0.05, 0.1) is 30.7 Å². The van der Waals surface area contributed by atoms with E-state index >= 15 is 0 Å². The van der Waals surface area contributed by atoms with E-state index in [9.17, 15) is 9.59 Å². The molecule has 0 amide bonds. The lowest BCUT2D eigenvalue weighted by molar-refractivity contribution is 0.0598. The van der Waals surface area contributed by atoms with Crippen LogP contribution in [0.15, 0.2) is 47.4 Å². The second-order valence-corrected chi connectivity index (χ2v) is 5.09. The number of rotatable bonds is 3. The van der Waals surface area contributed by atoms with Crippen molar-refractivity contribution >= 4 is 17.6 Å². The zero-order valence-electron chi connectivity index (χ0n) is 16.6. The molecule has 0 unspecified atom stereocenters. The zero-order valence-corrected chi connectivity index (χ0v) is 13.4. The monoisotopic (exact) mass is 348 g/mol. The Bertz CT molecular complexity index is 1150. The Labute approximate surface area is 147 Å². The summed E-state index contributed by atoms with van der Waals surface area (Å²) in [6.45, 7) is 0. The summed E-state index contributed by atoms with van der Waals surface area (Å²) in [5.41, 5.74) is -1.26. The van der Waals surface area contributed by atoms with Crippen molar-refractivity contribution in [3.63, 3.8) is 0 Å². The first kappa shape index (κ1) is 11.6. The zero-order chi connectivity index (χ0) is 20.7. The topological polar surface area (TPSA) is 79.0 Å². The molecule has 0 bridgehead atoms. The van der Waals surface area contributed by atoms with Crippen molar-refractivity contribution < 1.29 is 15.0 Å². The van der Waals surface area contributed by atoms with E-state index < -0.39 is 35.7 Å². The van der Waals surface area contributed by atoms with Crippen LogP contribution in [0, 0.1) is 0 Å². The number of hydrogen-bond donors (Lipinski definition) is 0. The molecule has 0 saturated carbocycles. The van der Waals surface area contributed by atoms with Gasteiger partial charge in [-0.05, 0) is 18.2 Å². The Balaban J connectivity index is 2.41. The number of methoxy groups -OCH3 is 1. The van der Waals surface area contributed by atoms with Crippen LogP contribution in [0.25, 0.3) is 16.9 Å². The number of aryl methyl sites for hydroxylation is 1. The van der Waals surface area contributed by atoms with E-state index in [-0.39, 0.29) is 27.5 Å². The van der Waals surface area contributed by atoms with Crippen LogP contribution in [0.1, 0.15) is 15.8 Å². The Morgan fingerprint density at radius 3 is 2.62 bits per heavy atom. The largest absolute Gasteiger partial charge is 0.465 e. The number of hydrogen-bond acceptors (Lipinski definition) is 5. The van der Waals surface area contributed by atoms with Gasteiger partial charge in [0, 0.05) is 17.6 Å². The molecule has 2 aromatic heterocycles. The van der Waals surface area contributed by atoms with Gasteiger partial charge in [-0.3, -0.25) is 9.48 Å². The van der Waals surface area contributed by atoms with Gasteiger partial charge in [0.1, 0.15) is 11.3 Å². The fourth-order valence-corrected chi connectivity index (χ4v) is 2.09. The molecule has 0 fully saturated rings. The number of halogens is 1. The molecule has 0 spiro atoms. The molecule has 8 heteroatoms. The molecule has 24 heavy (non-hydrogen) atoms. The molecule has 0 aliphatic heterocycles. The third kappa shape index (κ3) is 2.93. The summed E-state index contributed by atoms with van der Waals surface area (Å²) in [5.74, 6) is -0.935. The summed E-state index contributed by atoms with van der Waals surface area (Å²) >= 11 is 5.83. The molecule has 0 atom stereocenters. The van der Waals surface area contributed by atoms with E-state index in [1.54, 1.807) is 7.05 Å². The average molecular weight is 349 g/mol. The van der Waals surface area contributed by atoms with Crippen molar-refractivity contribution in [3.8, 4) is 16.9 Å². The summed E-state index contributed by atoms with van der Waals surface area (Å²) in [6.07, 6.45) is 2.83. The van der Waals surface area contributed by atoms with Crippen molar-refractivity contribution in [1.82, 2.24) is 19.6 Å². The highest BCUT2D eigenvalue weighted by Crippen LogP contribution is 2.20. The number of carbonyl (C=O) groups is 1. The minimum absolute atomic E-state index is 0.127. The van der Waals surface area contributed by atoms with Crippen LogP contribution in [0.3, 0.4) is 0 Å². The van der Waals surface area contributed by atoms with Crippen LogP contribution in [0.5, 0.6) is 0 Å². The maximum Gasteiger partial charge on any atom is 0.343 e. The third-order valence-corrected chi connectivity index (χ3v) is 3.29. The Morgan fingerprint density at radius 2 is 2.04 bits per heavy atom. The molecule has 1 aromatic carbocycles. The lowest BCUT2D eigenvalue weighted by Gasteiger charge is -2.08. The predicted octanol–water partition coefficient (Wildman–Crippen LogP) is 2.07. The van der Waals surface area contributed by atoms with Crippen molar-refractivity contribution in [2.45, 2.75) is 0 Å². The SMILES string of the molecule is [2H]c1c([2H])c(-c2cc(C(=O)OC)c(=O)n(-c3cnn(C)c3)n2)c([2H])c([2H])c1Cl. The normalized spacial score (nSPS) is 13.0. The Kier molecular flexibility index (Phi) is 3.03. The molecule has 2 heterocycles. The van der Waals surface area contributed by atoms with Crippen molar-refractivity contribution in [1.29, 1.82) is 0 Å². The first-order valence-electron chi connectivity index (χ1n) is 8.65. The Morgan fingerprint density at radius 1 is 1.33 bits per heavy atom. The van der Waals surface area contributed by atoms with Gasteiger partial charge in [-0.25, -0.2) is 4.79 Å². The summed E-state index contributed by atoms with van der Waals surface area (Å²) in [4.78, 5) is 24.8. The summed E-state index contributed by atoms with van der Waals surface area (Å²) in [5, 5.41) is 7.75. The van der Waals surface area contributed by atoms with E-state index in [1.807, 2.05) is 0 Å². The molecule has 122 valence electrons. The van der Waals surface area contributed by atoms with Gasteiger partial charge in [-0.2, -0.15) is 14.9 Å². The number of carbonyl (C=O) groups excluding carboxylic acids is 1. The molecule has 7 nitrogen and oxygen atoms in total. The van der Waals surface area contributed by atoms with Crippen molar-refractivity contribution in [2.75, 3.05) is 7.11 Å². The van der Waals surface area contributed by atoms with E-state index in [1.165, 1.54) is 17.1 Å².